The van der Waals surface area contributed by atoms with Crippen LogP contribution >= 0.6 is 0 Å². The Morgan fingerprint density at radius 2 is 1.74 bits per heavy atom. The summed E-state index contributed by atoms with van der Waals surface area (Å²) in [7, 11) is 0. The third-order valence-electron chi connectivity index (χ3n) is 4.76. The van der Waals surface area contributed by atoms with Gasteiger partial charge in [0.1, 0.15) is 0 Å². The molecule has 3 rings (SSSR count). The molecule has 0 aliphatic heterocycles. The molecule has 0 spiro atoms. The number of nitrogens with zero attached hydrogens (tertiary/aromatic N) is 2. The Kier molecular flexibility index (Phi) is 5.26. The zero-order valence-corrected chi connectivity index (χ0v) is 16.1. The first-order chi connectivity index (χ1) is 12.9. The molecule has 1 aromatic heterocycles. The van der Waals surface area contributed by atoms with Crippen molar-refractivity contribution in [3.05, 3.63) is 82.7 Å². The highest BCUT2D eigenvalue weighted by Crippen LogP contribution is 2.24. The van der Waals surface area contributed by atoms with Crippen LogP contribution < -0.4 is 0 Å². The number of carbonyl (C=O) groups is 1. The van der Waals surface area contributed by atoms with Crippen molar-refractivity contribution in [1.82, 2.24) is 4.57 Å². The number of aromatic carboxylic acids is 1. The van der Waals surface area contributed by atoms with Gasteiger partial charge < -0.3 is 9.67 Å². The summed E-state index contributed by atoms with van der Waals surface area (Å²) in [5.41, 5.74) is 6.04. The van der Waals surface area contributed by atoms with E-state index in [2.05, 4.69) is 31.0 Å². The number of rotatable bonds is 5. The standard InChI is InChI=1S/C23H24N2O2/c1-15(2)18-9-11-20(12-10-18)24-14-19-13-16(3)25(17(19)4)22-8-6-5-7-21(22)23(26)27/h5-15H,1-4H3,(H,26,27). The van der Waals surface area contributed by atoms with E-state index in [1.165, 1.54) is 5.56 Å². The second-order valence-electron chi connectivity index (χ2n) is 6.99. The first-order valence-electron chi connectivity index (χ1n) is 9.04. The van der Waals surface area contributed by atoms with Gasteiger partial charge in [0, 0.05) is 23.2 Å². The Hall–Kier alpha value is -3.14. The van der Waals surface area contributed by atoms with Crippen LogP contribution in [0.1, 0.15) is 52.6 Å². The zero-order valence-electron chi connectivity index (χ0n) is 16.1. The molecule has 0 amide bonds. The number of carboxylic acids is 1. The van der Waals surface area contributed by atoms with Gasteiger partial charge in [-0.15, -0.1) is 0 Å². The average Bonchev–Trinajstić information content (AvgIpc) is 2.93. The van der Waals surface area contributed by atoms with Gasteiger partial charge in [-0.05, 0) is 55.7 Å². The van der Waals surface area contributed by atoms with Crippen LogP contribution in [-0.2, 0) is 0 Å². The highest BCUT2D eigenvalue weighted by molar-refractivity contribution is 5.92. The van der Waals surface area contributed by atoms with Crippen LogP contribution in [-0.4, -0.2) is 21.9 Å². The molecule has 3 aromatic rings. The van der Waals surface area contributed by atoms with E-state index in [-0.39, 0.29) is 5.56 Å². The van der Waals surface area contributed by atoms with E-state index in [1.807, 2.05) is 55.0 Å². The molecule has 0 bridgehead atoms. The summed E-state index contributed by atoms with van der Waals surface area (Å²) >= 11 is 0. The van der Waals surface area contributed by atoms with Gasteiger partial charge in [0.25, 0.3) is 0 Å². The van der Waals surface area contributed by atoms with Crippen LogP contribution in [0.5, 0.6) is 0 Å². The maximum atomic E-state index is 11.6. The van der Waals surface area contributed by atoms with E-state index in [1.54, 1.807) is 12.1 Å². The second kappa shape index (κ2) is 7.62. The number of aryl methyl sites for hydroxylation is 1. The molecule has 0 atom stereocenters. The summed E-state index contributed by atoms with van der Waals surface area (Å²) in [4.78, 5) is 16.2. The Morgan fingerprint density at radius 3 is 2.37 bits per heavy atom. The van der Waals surface area contributed by atoms with Gasteiger partial charge in [-0.1, -0.05) is 38.1 Å². The quantitative estimate of drug-likeness (QED) is 0.596. The van der Waals surface area contributed by atoms with Crippen molar-refractivity contribution < 1.29 is 9.90 Å². The molecular formula is C23H24N2O2. The van der Waals surface area contributed by atoms with Gasteiger partial charge in [-0.25, -0.2) is 4.79 Å². The summed E-state index contributed by atoms with van der Waals surface area (Å²) in [5.74, 6) is -0.435. The minimum absolute atomic E-state index is 0.284. The Bertz CT molecular complexity index is 996. The lowest BCUT2D eigenvalue weighted by Gasteiger charge is -2.12. The molecule has 0 fully saturated rings. The molecule has 138 valence electrons. The molecule has 0 aliphatic carbocycles. The molecule has 0 saturated heterocycles. The van der Waals surface area contributed by atoms with E-state index in [9.17, 15) is 9.90 Å². The average molecular weight is 360 g/mol. The molecule has 27 heavy (non-hydrogen) atoms. The molecule has 0 saturated carbocycles. The maximum Gasteiger partial charge on any atom is 0.337 e. The number of aromatic nitrogens is 1. The van der Waals surface area contributed by atoms with Gasteiger partial charge in [-0.3, -0.25) is 4.99 Å². The van der Waals surface area contributed by atoms with Crippen LogP contribution in [0.3, 0.4) is 0 Å². The number of hydrogen-bond acceptors (Lipinski definition) is 2. The third-order valence-corrected chi connectivity index (χ3v) is 4.76. The number of benzene rings is 2. The molecular weight excluding hydrogens is 336 g/mol. The number of carboxylic acid groups (broad SMARTS) is 1. The summed E-state index contributed by atoms with van der Waals surface area (Å²) in [6, 6.07) is 17.3. The van der Waals surface area contributed by atoms with Crippen LogP contribution in [0.15, 0.2) is 59.6 Å². The number of aliphatic imine (C=N–C) groups is 1. The largest absolute Gasteiger partial charge is 0.478 e. The van der Waals surface area contributed by atoms with Crippen LogP contribution in [0, 0.1) is 13.8 Å². The highest BCUT2D eigenvalue weighted by atomic mass is 16.4. The smallest absolute Gasteiger partial charge is 0.337 e. The van der Waals surface area contributed by atoms with Crippen molar-refractivity contribution in [2.24, 2.45) is 4.99 Å². The molecule has 0 aliphatic rings. The lowest BCUT2D eigenvalue weighted by Crippen LogP contribution is -2.07. The normalized spacial score (nSPS) is 11.4. The summed E-state index contributed by atoms with van der Waals surface area (Å²) in [6.07, 6.45) is 1.84. The van der Waals surface area contributed by atoms with Crippen molar-refractivity contribution in [1.29, 1.82) is 0 Å². The first kappa shape index (κ1) is 18.6. The lowest BCUT2D eigenvalue weighted by atomic mass is 10.0. The van der Waals surface area contributed by atoms with Gasteiger partial charge in [0.2, 0.25) is 0 Å². The van der Waals surface area contributed by atoms with Gasteiger partial charge in [0.05, 0.1) is 16.9 Å². The fourth-order valence-corrected chi connectivity index (χ4v) is 3.23. The first-order valence-corrected chi connectivity index (χ1v) is 9.04. The van der Waals surface area contributed by atoms with Crippen molar-refractivity contribution in [3.8, 4) is 5.69 Å². The molecule has 1 heterocycles. The highest BCUT2D eigenvalue weighted by Gasteiger charge is 2.15. The van der Waals surface area contributed by atoms with Gasteiger partial charge >= 0.3 is 5.97 Å². The van der Waals surface area contributed by atoms with E-state index < -0.39 is 5.97 Å². The summed E-state index contributed by atoms with van der Waals surface area (Å²) in [5, 5.41) is 9.49. The number of para-hydroxylation sites is 1. The monoisotopic (exact) mass is 360 g/mol. The van der Waals surface area contributed by atoms with Crippen molar-refractivity contribution in [2.45, 2.75) is 33.6 Å². The van der Waals surface area contributed by atoms with E-state index in [0.29, 0.717) is 11.6 Å². The van der Waals surface area contributed by atoms with Gasteiger partial charge in [0.15, 0.2) is 0 Å². The van der Waals surface area contributed by atoms with Gasteiger partial charge in [-0.2, -0.15) is 0 Å². The fraction of sp³-hybridized carbons (Fsp3) is 0.217. The number of hydrogen-bond donors (Lipinski definition) is 1. The second-order valence-corrected chi connectivity index (χ2v) is 6.99. The predicted octanol–water partition coefficient (Wildman–Crippen LogP) is 5.67. The topological polar surface area (TPSA) is 54.6 Å². The molecule has 0 unspecified atom stereocenters. The van der Waals surface area contributed by atoms with Crippen LogP contribution in [0.2, 0.25) is 0 Å². The maximum absolute atomic E-state index is 11.6. The van der Waals surface area contributed by atoms with Crippen molar-refractivity contribution >= 4 is 17.9 Å². The molecule has 4 heteroatoms. The Labute approximate surface area is 159 Å². The molecule has 2 aromatic carbocycles. The zero-order chi connectivity index (χ0) is 19.6. The van der Waals surface area contributed by atoms with E-state index in [4.69, 9.17) is 0 Å². The third kappa shape index (κ3) is 3.85. The minimum atomic E-state index is -0.932. The van der Waals surface area contributed by atoms with Crippen molar-refractivity contribution in [2.75, 3.05) is 0 Å². The van der Waals surface area contributed by atoms with Crippen molar-refractivity contribution in [3.63, 3.8) is 0 Å². The minimum Gasteiger partial charge on any atom is -0.478 e. The SMILES string of the molecule is Cc1cc(C=Nc2ccc(C(C)C)cc2)c(C)n1-c1ccccc1C(=O)O. The Morgan fingerprint density at radius 1 is 1.07 bits per heavy atom. The van der Waals surface area contributed by atoms with Crippen LogP contribution in [0.4, 0.5) is 5.69 Å². The summed E-state index contributed by atoms with van der Waals surface area (Å²) in [6.45, 7) is 8.29. The molecule has 1 N–H and O–H groups in total. The van der Waals surface area contributed by atoms with E-state index >= 15 is 0 Å². The molecule has 4 nitrogen and oxygen atoms in total. The fourth-order valence-electron chi connectivity index (χ4n) is 3.23. The van der Waals surface area contributed by atoms with Crippen LogP contribution in [0.25, 0.3) is 5.69 Å². The van der Waals surface area contributed by atoms with E-state index in [0.717, 1.165) is 22.6 Å². The Balaban J connectivity index is 1.96. The summed E-state index contributed by atoms with van der Waals surface area (Å²) < 4.78 is 1.96. The molecule has 0 radical (unpaired) electrons. The predicted molar refractivity (Wildman–Crippen MR) is 110 cm³/mol. The lowest BCUT2D eigenvalue weighted by molar-refractivity contribution is 0.0697.